The largest absolute Gasteiger partial charge is 0.484 e. The van der Waals surface area contributed by atoms with Gasteiger partial charge in [-0.1, -0.05) is 24.4 Å². The number of hydrogen-bond donors (Lipinski definition) is 2. The highest BCUT2D eigenvalue weighted by Crippen LogP contribution is 2.37. The Bertz CT molecular complexity index is 509. The van der Waals surface area contributed by atoms with Gasteiger partial charge < -0.3 is 15.2 Å². The lowest BCUT2D eigenvalue weighted by Crippen LogP contribution is -2.42. The van der Waals surface area contributed by atoms with Crippen molar-refractivity contribution in [3.05, 3.63) is 29.3 Å². The first-order valence-electron chi connectivity index (χ1n) is 6.90. The molecule has 0 aromatic heterocycles. The van der Waals surface area contributed by atoms with Crippen LogP contribution in [0, 0.1) is 5.41 Å². The second-order valence-corrected chi connectivity index (χ2v) is 5.75. The minimum atomic E-state index is -0.834. The fourth-order valence-electron chi connectivity index (χ4n) is 2.52. The molecule has 2 rings (SSSR count). The Labute approximate surface area is 128 Å². The average molecular weight is 312 g/mol. The van der Waals surface area contributed by atoms with Crippen LogP contribution in [0.3, 0.4) is 0 Å². The number of carbonyl (C=O) groups is 2. The standard InChI is InChI=1S/C15H18ClNO4/c16-11-3-5-12(6-4-11)21-9-13(18)17-10-15(14(19)20)7-1-2-8-15/h3-6H,1-2,7-10H2,(H,17,18)(H,19,20). The van der Waals surface area contributed by atoms with E-state index in [1.165, 1.54) is 0 Å². The van der Waals surface area contributed by atoms with E-state index in [1.54, 1.807) is 24.3 Å². The molecule has 1 aromatic carbocycles. The Kier molecular flexibility index (Phi) is 5.07. The van der Waals surface area contributed by atoms with Crippen LogP contribution in [0.15, 0.2) is 24.3 Å². The minimum absolute atomic E-state index is 0.142. The molecule has 5 nitrogen and oxygen atoms in total. The van der Waals surface area contributed by atoms with Crippen molar-refractivity contribution in [3.8, 4) is 5.75 Å². The Balaban J connectivity index is 1.79. The third-order valence-corrected chi connectivity index (χ3v) is 4.07. The molecule has 0 radical (unpaired) electrons. The lowest BCUT2D eigenvalue weighted by Gasteiger charge is -2.23. The molecule has 2 N–H and O–H groups in total. The summed E-state index contributed by atoms with van der Waals surface area (Å²) in [5.74, 6) is -0.611. The molecule has 0 heterocycles. The molecule has 0 bridgehead atoms. The highest BCUT2D eigenvalue weighted by molar-refractivity contribution is 6.30. The molecule has 1 aromatic rings. The maximum atomic E-state index is 11.7. The maximum absolute atomic E-state index is 11.7. The predicted octanol–water partition coefficient (Wildman–Crippen LogP) is 2.48. The van der Waals surface area contributed by atoms with Crippen LogP contribution in [0.4, 0.5) is 0 Å². The highest BCUT2D eigenvalue weighted by atomic mass is 35.5. The van der Waals surface area contributed by atoms with Crippen molar-refractivity contribution in [2.75, 3.05) is 13.2 Å². The maximum Gasteiger partial charge on any atom is 0.311 e. The molecule has 1 saturated carbocycles. The van der Waals surface area contributed by atoms with Crippen LogP contribution >= 0.6 is 11.6 Å². The Morgan fingerprint density at radius 3 is 2.43 bits per heavy atom. The average Bonchev–Trinajstić information content (AvgIpc) is 2.95. The molecule has 0 saturated heterocycles. The van der Waals surface area contributed by atoms with Gasteiger partial charge in [0.15, 0.2) is 6.61 Å². The fourth-order valence-corrected chi connectivity index (χ4v) is 2.64. The van der Waals surface area contributed by atoms with Crippen molar-refractivity contribution in [2.45, 2.75) is 25.7 Å². The van der Waals surface area contributed by atoms with Crippen molar-refractivity contribution in [2.24, 2.45) is 5.41 Å². The molecule has 1 fully saturated rings. The van der Waals surface area contributed by atoms with Gasteiger partial charge in [-0.05, 0) is 37.1 Å². The predicted molar refractivity (Wildman–Crippen MR) is 78.5 cm³/mol. The van der Waals surface area contributed by atoms with E-state index >= 15 is 0 Å². The van der Waals surface area contributed by atoms with E-state index < -0.39 is 11.4 Å². The molecule has 0 unspecified atom stereocenters. The number of carboxylic acid groups (broad SMARTS) is 1. The summed E-state index contributed by atoms with van der Waals surface area (Å²) < 4.78 is 5.31. The second-order valence-electron chi connectivity index (χ2n) is 5.31. The summed E-state index contributed by atoms with van der Waals surface area (Å²) in [5.41, 5.74) is -0.810. The molecule has 0 aliphatic heterocycles. The summed E-state index contributed by atoms with van der Waals surface area (Å²) in [5, 5.41) is 12.6. The van der Waals surface area contributed by atoms with Crippen LogP contribution in [-0.4, -0.2) is 30.1 Å². The molecule has 21 heavy (non-hydrogen) atoms. The van der Waals surface area contributed by atoms with E-state index in [-0.39, 0.29) is 19.1 Å². The van der Waals surface area contributed by atoms with E-state index in [2.05, 4.69) is 5.32 Å². The zero-order valence-corrected chi connectivity index (χ0v) is 12.4. The van der Waals surface area contributed by atoms with E-state index in [9.17, 15) is 14.7 Å². The van der Waals surface area contributed by atoms with Gasteiger partial charge in [0, 0.05) is 11.6 Å². The van der Waals surface area contributed by atoms with Crippen LogP contribution < -0.4 is 10.1 Å². The number of hydrogen-bond acceptors (Lipinski definition) is 3. The third kappa shape index (κ3) is 4.11. The molecule has 1 aliphatic carbocycles. The number of benzene rings is 1. The summed E-state index contributed by atoms with van der Waals surface area (Å²) in [6, 6.07) is 6.69. The van der Waals surface area contributed by atoms with E-state index in [0.29, 0.717) is 23.6 Å². The van der Waals surface area contributed by atoms with Crippen LogP contribution in [0.2, 0.25) is 5.02 Å². The first-order valence-corrected chi connectivity index (χ1v) is 7.28. The van der Waals surface area contributed by atoms with E-state index in [1.807, 2.05) is 0 Å². The Morgan fingerprint density at radius 1 is 1.24 bits per heavy atom. The number of carboxylic acids is 1. The summed E-state index contributed by atoms with van der Waals surface area (Å²) in [6.45, 7) is 0.0163. The van der Waals surface area contributed by atoms with Gasteiger partial charge in [-0.2, -0.15) is 0 Å². The quantitative estimate of drug-likeness (QED) is 0.846. The van der Waals surface area contributed by atoms with Gasteiger partial charge in [-0.25, -0.2) is 0 Å². The van der Waals surface area contributed by atoms with Crippen LogP contribution in [0.1, 0.15) is 25.7 Å². The smallest absolute Gasteiger partial charge is 0.311 e. The zero-order chi connectivity index (χ0) is 15.3. The number of amides is 1. The van der Waals surface area contributed by atoms with Gasteiger partial charge in [-0.15, -0.1) is 0 Å². The van der Waals surface area contributed by atoms with Crippen molar-refractivity contribution in [3.63, 3.8) is 0 Å². The van der Waals surface area contributed by atoms with Crippen molar-refractivity contribution in [1.82, 2.24) is 5.32 Å². The van der Waals surface area contributed by atoms with Gasteiger partial charge in [-0.3, -0.25) is 9.59 Å². The van der Waals surface area contributed by atoms with Gasteiger partial charge in [0.05, 0.1) is 5.41 Å². The lowest BCUT2D eigenvalue weighted by molar-refractivity contribution is -0.148. The van der Waals surface area contributed by atoms with Crippen molar-refractivity contribution in [1.29, 1.82) is 0 Å². The lowest BCUT2D eigenvalue weighted by atomic mass is 9.86. The number of halogens is 1. The number of carbonyl (C=O) groups excluding carboxylic acids is 1. The minimum Gasteiger partial charge on any atom is -0.484 e. The first kappa shape index (κ1) is 15.6. The van der Waals surface area contributed by atoms with Gasteiger partial charge in [0.25, 0.3) is 5.91 Å². The molecule has 114 valence electrons. The van der Waals surface area contributed by atoms with Crippen LogP contribution in [0.5, 0.6) is 5.75 Å². The molecule has 1 aliphatic rings. The van der Waals surface area contributed by atoms with E-state index in [4.69, 9.17) is 16.3 Å². The first-order chi connectivity index (χ1) is 10.0. The molecule has 0 atom stereocenters. The summed E-state index contributed by atoms with van der Waals surface area (Å²) in [4.78, 5) is 23.1. The van der Waals surface area contributed by atoms with Crippen LogP contribution in [-0.2, 0) is 9.59 Å². The molecule has 6 heteroatoms. The topological polar surface area (TPSA) is 75.6 Å². The van der Waals surface area contributed by atoms with Gasteiger partial charge in [0.2, 0.25) is 0 Å². The second kappa shape index (κ2) is 6.80. The SMILES string of the molecule is O=C(COc1ccc(Cl)cc1)NCC1(C(=O)O)CCCC1. The number of rotatable bonds is 6. The zero-order valence-electron chi connectivity index (χ0n) is 11.6. The highest BCUT2D eigenvalue weighted by Gasteiger charge is 2.41. The van der Waals surface area contributed by atoms with Crippen molar-refractivity contribution < 1.29 is 19.4 Å². The monoisotopic (exact) mass is 311 g/mol. The molecular weight excluding hydrogens is 294 g/mol. The number of aliphatic carboxylic acids is 1. The normalized spacial score (nSPS) is 16.4. The molecule has 0 spiro atoms. The fraction of sp³-hybridized carbons (Fsp3) is 0.467. The summed E-state index contributed by atoms with van der Waals surface area (Å²) in [6.07, 6.45) is 3.01. The summed E-state index contributed by atoms with van der Waals surface area (Å²) in [7, 11) is 0. The van der Waals surface area contributed by atoms with E-state index in [0.717, 1.165) is 12.8 Å². The Morgan fingerprint density at radius 2 is 1.86 bits per heavy atom. The number of ether oxygens (including phenoxy) is 1. The third-order valence-electron chi connectivity index (χ3n) is 3.82. The molecule has 1 amide bonds. The molecular formula is C15H18ClNO4. The Hall–Kier alpha value is -1.75. The van der Waals surface area contributed by atoms with Crippen molar-refractivity contribution >= 4 is 23.5 Å². The number of nitrogens with one attached hydrogen (secondary N) is 1. The van der Waals surface area contributed by atoms with Crippen LogP contribution in [0.25, 0.3) is 0 Å². The van der Waals surface area contributed by atoms with Gasteiger partial charge in [0.1, 0.15) is 5.75 Å². The summed E-state index contributed by atoms with van der Waals surface area (Å²) >= 11 is 5.75. The van der Waals surface area contributed by atoms with Gasteiger partial charge >= 0.3 is 5.97 Å².